The molecule has 12 nitrogen and oxygen atoms in total. The van der Waals surface area contributed by atoms with Crippen molar-refractivity contribution in [3.05, 3.63) is 46.6 Å². The molecule has 0 unspecified atom stereocenters. The van der Waals surface area contributed by atoms with Crippen molar-refractivity contribution in [3.63, 3.8) is 0 Å². The third-order valence-electron chi connectivity index (χ3n) is 5.64. The minimum absolute atomic E-state index is 0.0646. The summed E-state index contributed by atoms with van der Waals surface area (Å²) in [6, 6.07) is 7.58. The summed E-state index contributed by atoms with van der Waals surface area (Å²) in [6.07, 6.45) is -6.85. The number of phenols is 3. The molecule has 37 heavy (non-hydrogen) atoms. The summed E-state index contributed by atoms with van der Waals surface area (Å²) in [5.41, 5.74) is -0.761. The summed E-state index contributed by atoms with van der Waals surface area (Å²) in [7, 11) is 0. The van der Waals surface area contributed by atoms with Crippen LogP contribution >= 0.6 is 0 Å². The van der Waals surface area contributed by atoms with E-state index in [4.69, 9.17) is 23.4 Å². The van der Waals surface area contributed by atoms with Crippen molar-refractivity contribution < 1.29 is 53.4 Å². The zero-order chi connectivity index (χ0) is 27.0. The zero-order valence-corrected chi connectivity index (χ0v) is 19.9. The van der Waals surface area contributed by atoms with Crippen LogP contribution in [0.3, 0.4) is 0 Å². The molecule has 1 saturated heterocycles. The van der Waals surface area contributed by atoms with Crippen molar-refractivity contribution in [2.75, 3.05) is 0 Å². The first-order chi connectivity index (χ1) is 17.5. The summed E-state index contributed by atoms with van der Waals surface area (Å²) in [5, 5.41) is 40.5. The monoisotopic (exact) mass is 516 g/mol. The van der Waals surface area contributed by atoms with Gasteiger partial charge in [-0.15, -0.1) is 0 Å². The second-order valence-corrected chi connectivity index (χ2v) is 8.44. The SMILES string of the molecule is CC(=O)O[C@H]1[C@H](O)[C@@H](Oc2c(-c3ccc(O)cc3)oc3cc(O)cc(O)c3c2=O)O[C@H](C)[C@H]1OC(C)=O. The molecule has 12 heteroatoms. The maximum atomic E-state index is 13.5. The molecular weight excluding hydrogens is 492 g/mol. The average Bonchev–Trinajstić information content (AvgIpc) is 2.80. The van der Waals surface area contributed by atoms with E-state index in [-0.39, 0.29) is 33.8 Å². The normalized spacial score (nSPS) is 23.4. The van der Waals surface area contributed by atoms with E-state index in [0.29, 0.717) is 0 Å². The zero-order valence-electron chi connectivity index (χ0n) is 19.9. The summed E-state index contributed by atoms with van der Waals surface area (Å²) in [6.45, 7) is 3.73. The number of phenolic OH excluding ortho intramolecular Hbond substituents is 3. The van der Waals surface area contributed by atoms with Crippen LogP contribution in [0.1, 0.15) is 20.8 Å². The van der Waals surface area contributed by atoms with Crippen molar-refractivity contribution in [1.29, 1.82) is 0 Å². The molecule has 196 valence electrons. The number of aliphatic hydroxyl groups excluding tert-OH is 1. The molecule has 2 aromatic carbocycles. The van der Waals surface area contributed by atoms with Crippen LogP contribution in [0.25, 0.3) is 22.3 Å². The van der Waals surface area contributed by atoms with Gasteiger partial charge in [-0.2, -0.15) is 0 Å². The van der Waals surface area contributed by atoms with Gasteiger partial charge < -0.3 is 43.8 Å². The van der Waals surface area contributed by atoms with Crippen molar-refractivity contribution in [3.8, 4) is 34.3 Å². The number of carbonyl (C=O) groups excluding carboxylic acids is 2. The minimum atomic E-state index is -1.72. The Morgan fingerprint density at radius 1 is 0.919 bits per heavy atom. The predicted molar refractivity (Wildman–Crippen MR) is 125 cm³/mol. The predicted octanol–water partition coefficient (Wildman–Crippen LogP) is 1.92. The number of esters is 2. The van der Waals surface area contributed by atoms with Crippen molar-refractivity contribution in [2.24, 2.45) is 0 Å². The molecule has 4 rings (SSSR count). The number of aromatic hydroxyl groups is 3. The molecular formula is C25H24O12. The average molecular weight is 516 g/mol. The molecule has 1 aliphatic heterocycles. The summed E-state index contributed by atoms with van der Waals surface area (Å²) in [4.78, 5) is 36.8. The van der Waals surface area contributed by atoms with E-state index in [9.17, 15) is 34.8 Å². The fourth-order valence-corrected chi connectivity index (χ4v) is 4.06. The van der Waals surface area contributed by atoms with Gasteiger partial charge in [-0.1, -0.05) is 0 Å². The summed E-state index contributed by atoms with van der Waals surface area (Å²) < 4.78 is 27.7. The molecule has 1 aliphatic rings. The lowest BCUT2D eigenvalue weighted by molar-refractivity contribution is -0.276. The minimum Gasteiger partial charge on any atom is -0.508 e. The number of hydrogen-bond donors (Lipinski definition) is 4. The molecule has 1 aromatic heterocycles. The van der Waals surface area contributed by atoms with Crippen LogP contribution in [0.15, 0.2) is 45.6 Å². The highest BCUT2D eigenvalue weighted by Gasteiger charge is 2.49. The lowest BCUT2D eigenvalue weighted by atomic mass is 9.99. The molecule has 0 aliphatic carbocycles. The highest BCUT2D eigenvalue weighted by Crippen LogP contribution is 2.37. The fraction of sp³-hybridized carbons (Fsp3) is 0.320. The summed E-state index contributed by atoms with van der Waals surface area (Å²) in [5.74, 6) is -3.14. The third kappa shape index (κ3) is 5.15. The number of carbonyl (C=O) groups is 2. The highest BCUT2D eigenvalue weighted by molar-refractivity contribution is 5.88. The molecule has 0 spiro atoms. The molecule has 0 bridgehead atoms. The molecule has 4 N–H and O–H groups in total. The quantitative estimate of drug-likeness (QED) is 0.362. The Morgan fingerprint density at radius 2 is 1.54 bits per heavy atom. The van der Waals surface area contributed by atoms with Crippen LogP contribution in [0.2, 0.25) is 0 Å². The van der Waals surface area contributed by atoms with E-state index in [1.807, 2.05) is 0 Å². The van der Waals surface area contributed by atoms with Crippen LogP contribution in [-0.2, 0) is 23.8 Å². The van der Waals surface area contributed by atoms with Crippen LogP contribution in [0.5, 0.6) is 23.0 Å². The molecule has 0 radical (unpaired) electrons. The molecule has 0 amide bonds. The summed E-state index contributed by atoms with van der Waals surface area (Å²) >= 11 is 0. The number of aliphatic hydroxyl groups is 1. The number of benzene rings is 2. The Morgan fingerprint density at radius 3 is 2.16 bits per heavy atom. The van der Waals surface area contributed by atoms with Gasteiger partial charge in [-0.25, -0.2) is 0 Å². The van der Waals surface area contributed by atoms with Crippen LogP contribution < -0.4 is 10.2 Å². The largest absolute Gasteiger partial charge is 0.508 e. The number of hydrogen-bond acceptors (Lipinski definition) is 12. The lowest BCUT2D eigenvalue weighted by Crippen LogP contribution is -2.61. The van der Waals surface area contributed by atoms with Gasteiger partial charge >= 0.3 is 11.9 Å². The highest BCUT2D eigenvalue weighted by atomic mass is 16.7. The first-order valence-electron chi connectivity index (χ1n) is 11.1. The Hall–Kier alpha value is -4.29. The van der Waals surface area contributed by atoms with Crippen molar-refractivity contribution in [2.45, 2.75) is 51.5 Å². The van der Waals surface area contributed by atoms with Gasteiger partial charge in [-0.3, -0.25) is 14.4 Å². The number of fused-ring (bicyclic) bond motifs is 1. The van der Waals surface area contributed by atoms with Gasteiger partial charge in [-0.05, 0) is 31.2 Å². The number of rotatable bonds is 5. The Bertz CT molecular complexity index is 1390. The fourth-order valence-electron chi connectivity index (χ4n) is 4.06. The Kier molecular flexibility index (Phi) is 6.96. The first kappa shape index (κ1) is 25.8. The van der Waals surface area contributed by atoms with Crippen LogP contribution in [0.4, 0.5) is 0 Å². The van der Waals surface area contributed by atoms with E-state index in [1.165, 1.54) is 31.2 Å². The molecule has 1 fully saturated rings. The van der Waals surface area contributed by atoms with Crippen molar-refractivity contribution >= 4 is 22.9 Å². The standard InChI is InChI=1S/C25H24O12/c1-10-21(34-11(2)26)24(35-12(3)27)20(32)25(33-10)37-23-19(31)18-16(30)8-15(29)9-17(18)36-22(23)13-4-6-14(28)7-5-13/h4-10,20-21,24-25,28-30,32H,1-3H3/t10-,20+,21-,24+,25-/m1/s1. The maximum Gasteiger partial charge on any atom is 0.303 e. The molecule has 2 heterocycles. The third-order valence-corrected chi connectivity index (χ3v) is 5.64. The van der Waals surface area contributed by atoms with E-state index in [2.05, 4.69) is 0 Å². The van der Waals surface area contributed by atoms with Gasteiger partial charge in [0, 0.05) is 31.5 Å². The van der Waals surface area contributed by atoms with Gasteiger partial charge in [0.2, 0.25) is 17.5 Å². The smallest absolute Gasteiger partial charge is 0.303 e. The van der Waals surface area contributed by atoms with Gasteiger partial charge in [0.05, 0.1) is 6.10 Å². The van der Waals surface area contributed by atoms with Crippen molar-refractivity contribution in [1.82, 2.24) is 0 Å². The lowest BCUT2D eigenvalue weighted by Gasteiger charge is -2.41. The maximum absolute atomic E-state index is 13.5. The van der Waals surface area contributed by atoms with Crippen LogP contribution in [-0.4, -0.2) is 63.1 Å². The van der Waals surface area contributed by atoms with Gasteiger partial charge in [0.15, 0.2) is 24.1 Å². The van der Waals surface area contributed by atoms with Gasteiger partial charge in [0.1, 0.15) is 28.2 Å². The second-order valence-electron chi connectivity index (χ2n) is 8.44. The van der Waals surface area contributed by atoms with Crippen LogP contribution in [0, 0.1) is 0 Å². The Balaban J connectivity index is 1.83. The Labute approximate surface area is 209 Å². The molecule has 0 saturated carbocycles. The molecule has 3 aromatic rings. The number of ether oxygens (including phenoxy) is 4. The van der Waals surface area contributed by atoms with E-state index in [1.54, 1.807) is 0 Å². The van der Waals surface area contributed by atoms with E-state index < -0.39 is 59.6 Å². The van der Waals surface area contributed by atoms with Gasteiger partial charge in [0.25, 0.3) is 0 Å². The topological polar surface area (TPSA) is 182 Å². The van der Waals surface area contributed by atoms with E-state index in [0.717, 1.165) is 26.0 Å². The first-order valence-corrected chi connectivity index (χ1v) is 11.1. The van der Waals surface area contributed by atoms with E-state index >= 15 is 0 Å². The molecule has 5 atom stereocenters. The second kappa shape index (κ2) is 9.99.